The van der Waals surface area contributed by atoms with Crippen LogP contribution in [0.25, 0.3) is 6.08 Å². The van der Waals surface area contributed by atoms with Gasteiger partial charge in [-0.05, 0) is 35.7 Å². The predicted octanol–water partition coefficient (Wildman–Crippen LogP) is 4.73. The van der Waals surface area contributed by atoms with Crippen LogP contribution in [0, 0.1) is 12.3 Å². The Balaban J connectivity index is 1.32. The van der Waals surface area contributed by atoms with E-state index in [-0.39, 0.29) is 19.3 Å². The van der Waals surface area contributed by atoms with E-state index in [1.54, 1.807) is 6.07 Å². The molecule has 5 nitrogen and oxygen atoms in total. The fraction of sp³-hybridized carbons (Fsp3) is 0.148. The van der Waals surface area contributed by atoms with Gasteiger partial charge in [0.25, 0.3) is 0 Å². The second kappa shape index (κ2) is 10.2. The first kappa shape index (κ1) is 21.1. The number of ketones is 1. The first-order chi connectivity index (χ1) is 15.7. The van der Waals surface area contributed by atoms with Gasteiger partial charge in [-0.2, -0.15) is 0 Å². The molecule has 3 aromatic carbocycles. The van der Waals surface area contributed by atoms with Crippen LogP contribution in [-0.4, -0.2) is 25.0 Å². The van der Waals surface area contributed by atoms with Gasteiger partial charge in [0.05, 0.1) is 6.04 Å². The molecule has 1 N–H and O–H groups in total. The number of hydrogen-bond donors (Lipinski definition) is 1. The van der Waals surface area contributed by atoms with Crippen molar-refractivity contribution in [3.63, 3.8) is 0 Å². The van der Waals surface area contributed by atoms with E-state index in [0.29, 0.717) is 18.1 Å². The van der Waals surface area contributed by atoms with Gasteiger partial charge in [-0.1, -0.05) is 54.6 Å². The number of carbonyl (C=O) groups is 1. The molecule has 4 rings (SSSR count). The molecule has 0 saturated carbocycles. The summed E-state index contributed by atoms with van der Waals surface area (Å²) in [5.41, 5.74) is 3.09. The fourth-order valence-electron chi connectivity index (χ4n) is 3.29. The predicted molar refractivity (Wildman–Crippen MR) is 125 cm³/mol. The van der Waals surface area contributed by atoms with Crippen LogP contribution >= 0.6 is 0 Å². The Bertz CT molecular complexity index is 1160. The van der Waals surface area contributed by atoms with E-state index in [2.05, 4.69) is 29.6 Å². The summed E-state index contributed by atoms with van der Waals surface area (Å²) >= 11 is 0. The SMILES string of the molecule is C#CC(=O)COc1ccccc1COc1cccc(OCC2C=Cc3ccccc3N2)c1. The van der Waals surface area contributed by atoms with Crippen LogP contribution in [0.2, 0.25) is 0 Å². The number of rotatable bonds is 9. The Labute approximate surface area is 187 Å². The number of fused-ring (bicyclic) bond motifs is 1. The lowest BCUT2D eigenvalue weighted by Crippen LogP contribution is -2.27. The Morgan fingerprint density at radius 2 is 1.72 bits per heavy atom. The number of para-hydroxylation sites is 2. The molecule has 160 valence electrons. The van der Waals surface area contributed by atoms with Crippen molar-refractivity contribution in [1.29, 1.82) is 0 Å². The van der Waals surface area contributed by atoms with Gasteiger partial charge in [-0.25, -0.2) is 0 Å². The molecule has 0 amide bonds. The first-order valence-electron chi connectivity index (χ1n) is 10.3. The molecule has 5 heteroatoms. The molecule has 1 aliphatic heterocycles. The maximum absolute atomic E-state index is 11.3. The van der Waals surface area contributed by atoms with Gasteiger partial charge in [0.15, 0.2) is 6.61 Å². The van der Waals surface area contributed by atoms with E-state index in [9.17, 15) is 4.79 Å². The molecular weight excluding hydrogens is 402 g/mol. The first-order valence-corrected chi connectivity index (χ1v) is 10.3. The average Bonchev–Trinajstić information content (AvgIpc) is 2.85. The molecule has 1 atom stereocenters. The minimum Gasteiger partial charge on any atom is -0.491 e. The summed E-state index contributed by atoms with van der Waals surface area (Å²) < 4.78 is 17.4. The highest BCUT2D eigenvalue weighted by Crippen LogP contribution is 2.25. The topological polar surface area (TPSA) is 56.8 Å². The van der Waals surface area contributed by atoms with Gasteiger partial charge in [-0.15, -0.1) is 6.42 Å². The van der Waals surface area contributed by atoms with Gasteiger partial charge in [-0.3, -0.25) is 4.79 Å². The summed E-state index contributed by atoms with van der Waals surface area (Å²) in [7, 11) is 0. The molecule has 0 radical (unpaired) electrons. The molecule has 0 saturated heterocycles. The zero-order chi connectivity index (χ0) is 22.2. The van der Waals surface area contributed by atoms with Crippen molar-refractivity contribution in [2.24, 2.45) is 0 Å². The number of nitrogens with one attached hydrogen (secondary N) is 1. The van der Waals surface area contributed by atoms with E-state index in [4.69, 9.17) is 20.6 Å². The minimum absolute atomic E-state index is 0.0872. The van der Waals surface area contributed by atoms with Gasteiger partial charge < -0.3 is 19.5 Å². The smallest absolute Gasteiger partial charge is 0.242 e. The summed E-state index contributed by atoms with van der Waals surface area (Å²) in [6.45, 7) is 0.618. The Morgan fingerprint density at radius 1 is 0.938 bits per heavy atom. The zero-order valence-corrected chi connectivity index (χ0v) is 17.5. The van der Waals surface area contributed by atoms with E-state index >= 15 is 0 Å². The van der Waals surface area contributed by atoms with Crippen molar-refractivity contribution in [2.45, 2.75) is 12.6 Å². The molecule has 3 aromatic rings. The Hall–Kier alpha value is -4.17. The molecular formula is C27H23NO4. The summed E-state index contributed by atoms with van der Waals surface area (Å²) in [4.78, 5) is 11.3. The summed E-state index contributed by atoms with van der Waals surface area (Å²) in [5, 5.41) is 3.47. The Morgan fingerprint density at radius 3 is 2.59 bits per heavy atom. The zero-order valence-electron chi connectivity index (χ0n) is 17.5. The Kier molecular flexibility index (Phi) is 6.74. The van der Waals surface area contributed by atoms with E-state index in [1.807, 2.05) is 60.5 Å². The lowest BCUT2D eigenvalue weighted by atomic mass is 10.1. The molecule has 0 aromatic heterocycles. The average molecular weight is 425 g/mol. The van der Waals surface area contributed by atoms with Crippen LogP contribution < -0.4 is 19.5 Å². The summed E-state index contributed by atoms with van der Waals surface area (Å²) in [6, 6.07) is 23.2. The van der Waals surface area contributed by atoms with Crippen LogP contribution in [0.3, 0.4) is 0 Å². The molecule has 0 bridgehead atoms. The third kappa shape index (κ3) is 5.50. The minimum atomic E-state index is -0.406. The molecule has 1 aliphatic rings. The van der Waals surface area contributed by atoms with Gasteiger partial charge in [0.2, 0.25) is 5.78 Å². The second-order valence-corrected chi connectivity index (χ2v) is 7.24. The maximum Gasteiger partial charge on any atom is 0.242 e. The largest absolute Gasteiger partial charge is 0.491 e. The molecule has 0 spiro atoms. The van der Waals surface area contributed by atoms with Crippen molar-refractivity contribution in [3.05, 3.63) is 90.0 Å². The fourth-order valence-corrected chi connectivity index (χ4v) is 3.29. The standard InChI is InChI=1S/C27H23NO4/c1-2-23(29)19-32-27-13-6-4-9-21(27)17-30-24-10-7-11-25(16-24)31-18-22-15-14-20-8-3-5-12-26(20)28-22/h1,3-16,22,28H,17-19H2. The maximum atomic E-state index is 11.3. The van der Waals surface area contributed by atoms with E-state index in [0.717, 1.165) is 17.0 Å². The number of ether oxygens (including phenoxy) is 3. The monoisotopic (exact) mass is 425 g/mol. The van der Waals surface area contributed by atoms with Crippen LogP contribution in [-0.2, 0) is 11.4 Å². The quantitative estimate of drug-likeness (QED) is 0.397. The summed E-state index contributed by atoms with van der Waals surface area (Å²) in [5.74, 6) is 3.60. The number of hydrogen-bond acceptors (Lipinski definition) is 5. The molecule has 1 heterocycles. The number of benzene rings is 3. The molecule has 0 fully saturated rings. The van der Waals surface area contributed by atoms with Crippen molar-refractivity contribution >= 4 is 17.5 Å². The van der Waals surface area contributed by atoms with E-state index < -0.39 is 5.78 Å². The van der Waals surface area contributed by atoms with Crippen LogP contribution in [0.4, 0.5) is 5.69 Å². The third-order valence-electron chi connectivity index (χ3n) is 4.93. The van der Waals surface area contributed by atoms with Crippen LogP contribution in [0.1, 0.15) is 11.1 Å². The number of Topliss-reactive ketones (excluding diaryl/α,β-unsaturated/α-hetero) is 1. The van der Waals surface area contributed by atoms with Gasteiger partial charge in [0.1, 0.15) is 30.5 Å². The number of anilines is 1. The number of carbonyl (C=O) groups excluding carboxylic acids is 1. The van der Waals surface area contributed by atoms with Crippen molar-refractivity contribution < 1.29 is 19.0 Å². The molecule has 0 aliphatic carbocycles. The van der Waals surface area contributed by atoms with Gasteiger partial charge in [0, 0.05) is 17.3 Å². The highest BCUT2D eigenvalue weighted by atomic mass is 16.5. The normalized spacial score (nSPS) is 13.9. The van der Waals surface area contributed by atoms with Crippen LogP contribution in [0.15, 0.2) is 78.9 Å². The highest BCUT2D eigenvalue weighted by Gasteiger charge is 2.13. The molecule has 32 heavy (non-hydrogen) atoms. The summed E-state index contributed by atoms with van der Waals surface area (Å²) in [6.07, 6.45) is 9.30. The number of terminal acetylenes is 1. The highest BCUT2D eigenvalue weighted by molar-refractivity contribution is 5.96. The lowest BCUT2D eigenvalue weighted by molar-refractivity contribution is -0.115. The molecule has 1 unspecified atom stereocenters. The third-order valence-corrected chi connectivity index (χ3v) is 4.93. The van der Waals surface area contributed by atoms with Gasteiger partial charge >= 0.3 is 0 Å². The van der Waals surface area contributed by atoms with Crippen LogP contribution in [0.5, 0.6) is 17.2 Å². The van der Waals surface area contributed by atoms with Crippen molar-refractivity contribution in [3.8, 4) is 29.6 Å². The van der Waals surface area contributed by atoms with E-state index in [1.165, 1.54) is 5.56 Å². The lowest BCUT2D eigenvalue weighted by Gasteiger charge is -2.22. The second-order valence-electron chi connectivity index (χ2n) is 7.24. The van der Waals surface area contributed by atoms with Crippen molar-refractivity contribution in [1.82, 2.24) is 0 Å². The van der Waals surface area contributed by atoms with Crippen molar-refractivity contribution in [2.75, 3.05) is 18.5 Å².